The molecule has 0 heterocycles. The molecule has 0 aliphatic heterocycles. The molecule has 0 radical (unpaired) electrons. The highest BCUT2D eigenvalue weighted by atomic mass is 32.1. The van der Waals surface area contributed by atoms with Gasteiger partial charge in [-0.3, -0.25) is 0 Å². The number of benzene rings is 1. The lowest BCUT2D eigenvalue weighted by atomic mass is 10.2. The average molecular weight is 223 g/mol. The van der Waals surface area contributed by atoms with Crippen molar-refractivity contribution in [2.24, 2.45) is 0 Å². The molecule has 4 nitrogen and oxygen atoms in total. The van der Waals surface area contributed by atoms with Crippen LogP contribution in [0.4, 0.5) is 5.69 Å². The molecule has 1 aromatic carbocycles. The largest absolute Gasteiger partial charge is 0.548 e. The number of carbonyl (C=O) groups excluding carboxylic acids is 1. The van der Waals surface area contributed by atoms with Gasteiger partial charge in [-0.05, 0) is 31.3 Å². The van der Waals surface area contributed by atoms with E-state index in [-0.39, 0.29) is 11.7 Å². The summed E-state index contributed by atoms with van der Waals surface area (Å²) in [5, 5.41) is 15.8. The van der Waals surface area contributed by atoms with E-state index >= 15 is 0 Å². The van der Waals surface area contributed by atoms with Crippen LogP contribution in [0.25, 0.3) is 0 Å². The van der Waals surface area contributed by atoms with Crippen molar-refractivity contribution < 1.29 is 9.90 Å². The number of carbonyl (C=O) groups is 1. The first-order valence-corrected chi connectivity index (χ1v) is 4.80. The van der Waals surface area contributed by atoms with Crippen molar-refractivity contribution in [3.05, 3.63) is 29.8 Å². The predicted molar refractivity (Wildman–Crippen MR) is 60.4 cm³/mol. The Hall–Kier alpha value is -1.62. The van der Waals surface area contributed by atoms with E-state index in [9.17, 15) is 9.90 Å². The van der Waals surface area contributed by atoms with Crippen molar-refractivity contribution in [1.82, 2.24) is 5.32 Å². The molecular weight excluding hydrogens is 212 g/mol. The van der Waals surface area contributed by atoms with Crippen molar-refractivity contribution in [3.63, 3.8) is 0 Å². The molecular formula is C10H11N2O2S-. The van der Waals surface area contributed by atoms with Crippen molar-refractivity contribution in [2.45, 2.75) is 6.92 Å². The second kappa shape index (κ2) is 5.31. The zero-order valence-corrected chi connectivity index (χ0v) is 9.06. The predicted octanol–water partition coefficient (Wildman–Crippen LogP) is 0.0313. The maximum Gasteiger partial charge on any atom is 0.171 e. The lowest BCUT2D eigenvalue weighted by molar-refractivity contribution is -0.303. The van der Waals surface area contributed by atoms with E-state index in [1.807, 2.05) is 31.2 Å². The summed E-state index contributed by atoms with van der Waals surface area (Å²) in [7, 11) is 0. The van der Waals surface area contributed by atoms with Gasteiger partial charge in [0.1, 0.15) is 0 Å². The minimum Gasteiger partial charge on any atom is -0.548 e. The molecule has 5 heteroatoms. The molecule has 80 valence electrons. The lowest BCUT2D eigenvalue weighted by Crippen LogP contribution is -2.39. The van der Waals surface area contributed by atoms with Crippen LogP contribution in [0.15, 0.2) is 24.3 Å². The van der Waals surface area contributed by atoms with Crippen LogP contribution in [0.3, 0.4) is 0 Å². The van der Waals surface area contributed by atoms with Gasteiger partial charge in [0.15, 0.2) is 5.11 Å². The van der Waals surface area contributed by atoms with Gasteiger partial charge in [0.25, 0.3) is 0 Å². The fourth-order valence-corrected chi connectivity index (χ4v) is 1.15. The van der Waals surface area contributed by atoms with Gasteiger partial charge in [-0.1, -0.05) is 17.7 Å². The first kappa shape index (κ1) is 11.5. The Morgan fingerprint density at radius 1 is 1.40 bits per heavy atom. The van der Waals surface area contributed by atoms with Crippen LogP contribution >= 0.6 is 12.2 Å². The highest BCUT2D eigenvalue weighted by Gasteiger charge is 1.96. The summed E-state index contributed by atoms with van der Waals surface area (Å²) in [6.45, 7) is 1.69. The first-order valence-electron chi connectivity index (χ1n) is 4.39. The minimum absolute atomic E-state index is 0.267. The third kappa shape index (κ3) is 4.42. The van der Waals surface area contributed by atoms with Gasteiger partial charge in [-0.2, -0.15) is 0 Å². The summed E-state index contributed by atoms with van der Waals surface area (Å²) < 4.78 is 0. The molecule has 0 aromatic heterocycles. The van der Waals surface area contributed by atoms with Crippen LogP contribution in [0.1, 0.15) is 5.56 Å². The van der Waals surface area contributed by atoms with Gasteiger partial charge in [0.05, 0.1) is 12.5 Å². The third-order valence-electron chi connectivity index (χ3n) is 1.70. The molecule has 0 aliphatic rings. The number of anilines is 1. The van der Waals surface area contributed by atoms with E-state index in [0.29, 0.717) is 0 Å². The summed E-state index contributed by atoms with van der Waals surface area (Å²) >= 11 is 4.87. The molecule has 0 amide bonds. The van der Waals surface area contributed by atoms with E-state index in [0.717, 1.165) is 11.3 Å². The van der Waals surface area contributed by atoms with Crippen molar-refractivity contribution in [3.8, 4) is 0 Å². The Labute approximate surface area is 93.3 Å². The molecule has 0 unspecified atom stereocenters. The number of aliphatic carboxylic acids is 1. The van der Waals surface area contributed by atoms with E-state index < -0.39 is 5.97 Å². The third-order valence-corrected chi connectivity index (χ3v) is 1.95. The van der Waals surface area contributed by atoms with Gasteiger partial charge in [0.2, 0.25) is 0 Å². The highest BCUT2D eigenvalue weighted by Crippen LogP contribution is 2.07. The molecule has 1 aromatic rings. The Balaban J connectivity index is 2.44. The Kier molecular flexibility index (Phi) is 4.05. The molecule has 0 atom stereocenters. The molecule has 0 spiro atoms. The first-order chi connectivity index (χ1) is 7.08. The molecule has 0 bridgehead atoms. The van der Waals surface area contributed by atoms with E-state index in [1.165, 1.54) is 0 Å². The molecule has 15 heavy (non-hydrogen) atoms. The van der Waals surface area contributed by atoms with Gasteiger partial charge >= 0.3 is 0 Å². The number of hydrogen-bond donors (Lipinski definition) is 2. The summed E-state index contributed by atoms with van der Waals surface area (Å²) in [6.07, 6.45) is 0. The maximum atomic E-state index is 10.1. The van der Waals surface area contributed by atoms with Crippen molar-refractivity contribution in [2.75, 3.05) is 11.9 Å². The number of rotatable bonds is 3. The summed E-state index contributed by atoms with van der Waals surface area (Å²) in [5.74, 6) is -1.19. The van der Waals surface area contributed by atoms with Gasteiger partial charge in [0, 0.05) is 5.69 Å². The summed E-state index contributed by atoms with van der Waals surface area (Å²) in [4.78, 5) is 10.1. The topological polar surface area (TPSA) is 64.2 Å². The van der Waals surface area contributed by atoms with Crippen LogP contribution in [-0.2, 0) is 4.79 Å². The molecule has 0 fully saturated rings. The normalized spacial score (nSPS) is 9.40. The van der Waals surface area contributed by atoms with Crippen molar-refractivity contribution >= 4 is 29.0 Å². The second-order valence-corrected chi connectivity index (χ2v) is 3.45. The smallest absolute Gasteiger partial charge is 0.171 e. The molecule has 1 rings (SSSR count). The van der Waals surface area contributed by atoms with Crippen LogP contribution in [0, 0.1) is 6.92 Å². The highest BCUT2D eigenvalue weighted by molar-refractivity contribution is 7.80. The molecule has 0 aliphatic carbocycles. The average Bonchev–Trinajstić information content (AvgIpc) is 2.19. The monoisotopic (exact) mass is 223 g/mol. The number of thiocarbonyl (C=S) groups is 1. The SMILES string of the molecule is Cc1ccc(NC(=S)NCC(=O)[O-])cc1. The minimum atomic E-state index is -1.19. The number of hydrogen-bond acceptors (Lipinski definition) is 3. The van der Waals surface area contributed by atoms with E-state index in [4.69, 9.17) is 12.2 Å². The van der Waals surface area contributed by atoms with Gasteiger partial charge < -0.3 is 20.5 Å². The van der Waals surface area contributed by atoms with Crippen LogP contribution in [0.2, 0.25) is 0 Å². The van der Waals surface area contributed by atoms with E-state index in [2.05, 4.69) is 10.6 Å². The zero-order chi connectivity index (χ0) is 11.3. The molecule has 2 N–H and O–H groups in total. The number of carboxylic acid groups (broad SMARTS) is 1. The van der Waals surface area contributed by atoms with Gasteiger partial charge in [-0.15, -0.1) is 0 Å². The number of aryl methyl sites for hydroxylation is 1. The fourth-order valence-electron chi connectivity index (χ4n) is 0.965. The lowest BCUT2D eigenvalue weighted by Gasteiger charge is -2.10. The van der Waals surface area contributed by atoms with Gasteiger partial charge in [-0.25, -0.2) is 0 Å². The maximum absolute atomic E-state index is 10.1. The quantitative estimate of drug-likeness (QED) is 0.708. The Bertz CT molecular complexity index is 362. The zero-order valence-electron chi connectivity index (χ0n) is 8.24. The van der Waals surface area contributed by atoms with Crippen molar-refractivity contribution in [1.29, 1.82) is 0 Å². The Morgan fingerprint density at radius 2 is 2.00 bits per heavy atom. The van der Waals surface area contributed by atoms with E-state index in [1.54, 1.807) is 0 Å². The van der Waals surface area contributed by atoms with Crippen LogP contribution in [0.5, 0.6) is 0 Å². The molecule has 0 saturated carbocycles. The second-order valence-electron chi connectivity index (χ2n) is 3.05. The van der Waals surface area contributed by atoms with Crippen LogP contribution < -0.4 is 15.7 Å². The fraction of sp³-hybridized carbons (Fsp3) is 0.200. The summed E-state index contributed by atoms with van der Waals surface area (Å²) in [6, 6.07) is 7.60. The number of nitrogens with one attached hydrogen (secondary N) is 2. The Morgan fingerprint density at radius 3 is 2.53 bits per heavy atom. The van der Waals surface area contributed by atoms with Crippen LogP contribution in [-0.4, -0.2) is 17.6 Å². The summed E-state index contributed by atoms with van der Waals surface area (Å²) in [5.41, 5.74) is 1.96. The number of carboxylic acids is 1. The standard InChI is InChI=1S/C10H12N2O2S/c1-7-2-4-8(5-3-7)12-10(15)11-6-9(13)14/h2-5H,6H2,1H3,(H,13,14)(H2,11,12,15)/p-1. The molecule has 0 saturated heterocycles.